The van der Waals surface area contributed by atoms with Gasteiger partial charge < -0.3 is 24.4 Å². The van der Waals surface area contributed by atoms with Gasteiger partial charge in [-0.05, 0) is 43.9 Å². The van der Waals surface area contributed by atoms with Gasteiger partial charge in [-0.15, -0.1) is 0 Å². The number of rotatable bonds is 5. The van der Waals surface area contributed by atoms with E-state index in [0.29, 0.717) is 41.9 Å². The second kappa shape index (κ2) is 6.51. The summed E-state index contributed by atoms with van der Waals surface area (Å²) in [5.41, 5.74) is 0.549. The van der Waals surface area contributed by atoms with Crippen molar-refractivity contribution in [3.05, 3.63) is 17.7 Å². The van der Waals surface area contributed by atoms with Crippen LogP contribution in [-0.4, -0.2) is 56.8 Å². The molecule has 1 atom stereocenters. The largest absolute Gasteiger partial charge is 0.493 e. The van der Waals surface area contributed by atoms with Crippen LogP contribution < -0.4 is 19.5 Å². The van der Waals surface area contributed by atoms with Crippen LogP contribution in [0.1, 0.15) is 29.6 Å². The van der Waals surface area contributed by atoms with Crippen molar-refractivity contribution < 1.29 is 19.0 Å². The molecule has 1 N–H and O–H groups in total. The van der Waals surface area contributed by atoms with Crippen molar-refractivity contribution in [2.45, 2.75) is 25.3 Å². The van der Waals surface area contributed by atoms with Crippen molar-refractivity contribution in [1.82, 2.24) is 10.2 Å². The predicted octanol–water partition coefficient (Wildman–Crippen LogP) is 1.68. The minimum atomic E-state index is -0.0878. The monoisotopic (exact) mass is 332 g/mol. The molecule has 6 nitrogen and oxygen atoms in total. The second-order valence-electron chi connectivity index (χ2n) is 6.79. The molecule has 2 aliphatic heterocycles. The highest BCUT2D eigenvalue weighted by Gasteiger charge is 2.34. The highest BCUT2D eigenvalue weighted by atomic mass is 16.6. The van der Waals surface area contributed by atoms with Crippen LogP contribution in [0.3, 0.4) is 0 Å². The summed E-state index contributed by atoms with van der Waals surface area (Å²) in [7, 11) is 1.57. The van der Waals surface area contributed by atoms with Gasteiger partial charge in [0.05, 0.1) is 7.11 Å². The molecule has 3 aliphatic rings. The van der Waals surface area contributed by atoms with Crippen molar-refractivity contribution in [3.63, 3.8) is 0 Å². The maximum absolute atomic E-state index is 12.5. The fourth-order valence-electron chi connectivity index (χ4n) is 3.54. The number of nitrogens with one attached hydrogen (secondary N) is 1. The first-order chi connectivity index (χ1) is 11.7. The summed E-state index contributed by atoms with van der Waals surface area (Å²) in [6, 6.07) is 4.26. The summed E-state index contributed by atoms with van der Waals surface area (Å²) >= 11 is 0. The third kappa shape index (κ3) is 3.15. The van der Waals surface area contributed by atoms with E-state index >= 15 is 0 Å². The zero-order chi connectivity index (χ0) is 16.5. The summed E-state index contributed by atoms with van der Waals surface area (Å²) in [6.45, 7) is 3.98. The average Bonchev–Trinajstić information content (AvgIpc) is 3.37. The van der Waals surface area contributed by atoms with Crippen LogP contribution in [0.4, 0.5) is 0 Å². The Morgan fingerprint density at radius 2 is 2.12 bits per heavy atom. The third-order valence-electron chi connectivity index (χ3n) is 5.02. The maximum Gasteiger partial charge on any atom is 0.251 e. The lowest BCUT2D eigenvalue weighted by Gasteiger charge is -2.21. The van der Waals surface area contributed by atoms with E-state index in [9.17, 15) is 4.79 Å². The molecule has 24 heavy (non-hydrogen) atoms. The van der Waals surface area contributed by atoms with Crippen molar-refractivity contribution in [3.8, 4) is 17.2 Å². The highest BCUT2D eigenvalue weighted by molar-refractivity contribution is 5.95. The molecule has 0 spiro atoms. The smallest absolute Gasteiger partial charge is 0.251 e. The van der Waals surface area contributed by atoms with E-state index in [1.54, 1.807) is 19.2 Å². The summed E-state index contributed by atoms with van der Waals surface area (Å²) in [5.74, 6) is 2.16. The van der Waals surface area contributed by atoms with Crippen LogP contribution in [0.2, 0.25) is 0 Å². The van der Waals surface area contributed by atoms with E-state index in [-0.39, 0.29) is 5.91 Å². The zero-order valence-corrected chi connectivity index (χ0v) is 14.0. The molecule has 2 fully saturated rings. The summed E-state index contributed by atoms with van der Waals surface area (Å²) < 4.78 is 16.5. The van der Waals surface area contributed by atoms with Crippen molar-refractivity contribution >= 4 is 5.91 Å². The Hall–Kier alpha value is -1.95. The lowest BCUT2D eigenvalue weighted by Crippen LogP contribution is -2.31. The SMILES string of the molecule is COc1cc(C(=O)NCC2CCN(C3CC3)C2)cc2c1OCCO2. The number of ether oxygens (including phenoxy) is 3. The number of hydrogen-bond donors (Lipinski definition) is 1. The third-order valence-corrected chi connectivity index (χ3v) is 5.02. The summed E-state index contributed by atoms with van der Waals surface area (Å²) in [4.78, 5) is 15.1. The van der Waals surface area contributed by atoms with Gasteiger partial charge in [0.15, 0.2) is 11.5 Å². The number of benzene rings is 1. The Morgan fingerprint density at radius 3 is 2.92 bits per heavy atom. The molecular formula is C18H24N2O4. The van der Waals surface area contributed by atoms with Crippen molar-refractivity contribution in [2.75, 3.05) is 40.0 Å². The number of fused-ring (bicyclic) bond motifs is 1. The van der Waals surface area contributed by atoms with Gasteiger partial charge in [-0.3, -0.25) is 4.79 Å². The van der Waals surface area contributed by atoms with E-state index in [2.05, 4.69) is 10.2 Å². The molecule has 1 aromatic carbocycles. The molecule has 1 amide bonds. The van der Waals surface area contributed by atoms with E-state index < -0.39 is 0 Å². The molecule has 1 saturated heterocycles. The van der Waals surface area contributed by atoms with Crippen LogP contribution in [0.25, 0.3) is 0 Å². The Morgan fingerprint density at radius 1 is 1.29 bits per heavy atom. The molecule has 1 saturated carbocycles. The number of nitrogens with zero attached hydrogens (tertiary/aromatic N) is 1. The Labute approximate surface area is 142 Å². The maximum atomic E-state index is 12.5. The molecule has 1 aromatic rings. The van der Waals surface area contributed by atoms with E-state index in [0.717, 1.165) is 19.1 Å². The lowest BCUT2D eigenvalue weighted by molar-refractivity contribution is 0.0945. The van der Waals surface area contributed by atoms with Gasteiger partial charge in [-0.25, -0.2) is 0 Å². The molecule has 6 heteroatoms. The van der Waals surface area contributed by atoms with Crippen LogP contribution in [0.15, 0.2) is 12.1 Å². The van der Waals surface area contributed by atoms with Crippen LogP contribution in [-0.2, 0) is 0 Å². The molecule has 0 aromatic heterocycles. The Kier molecular flexibility index (Phi) is 4.22. The summed E-state index contributed by atoms with van der Waals surface area (Å²) in [6.07, 6.45) is 3.85. The zero-order valence-electron chi connectivity index (χ0n) is 14.0. The average molecular weight is 332 g/mol. The first-order valence-corrected chi connectivity index (χ1v) is 8.74. The van der Waals surface area contributed by atoms with Crippen LogP contribution in [0, 0.1) is 5.92 Å². The van der Waals surface area contributed by atoms with Gasteiger partial charge in [0.1, 0.15) is 13.2 Å². The van der Waals surface area contributed by atoms with Crippen molar-refractivity contribution in [1.29, 1.82) is 0 Å². The molecule has 1 aliphatic carbocycles. The van der Waals surface area contributed by atoms with Crippen LogP contribution in [0.5, 0.6) is 17.2 Å². The number of likely N-dealkylation sites (tertiary alicyclic amines) is 1. The van der Waals surface area contributed by atoms with E-state index in [1.165, 1.54) is 25.8 Å². The van der Waals surface area contributed by atoms with Gasteiger partial charge >= 0.3 is 0 Å². The standard InChI is InChI=1S/C18H24N2O4/c1-22-15-8-13(9-16-17(15)24-7-6-23-16)18(21)19-10-12-4-5-20(11-12)14-2-3-14/h8-9,12,14H,2-7,10-11H2,1H3,(H,19,21). The molecule has 0 radical (unpaired) electrons. The fourth-order valence-corrected chi connectivity index (χ4v) is 3.54. The molecular weight excluding hydrogens is 308 g/mol. The van der Waals surface area contributed by atoms with E-state index in [4.69, 9.17) is 14.2 Å². The highest BCUT2D eigenvalue weighted by Crippen LogP contribution is 2.40. The topological polar surface area (TPSA) is 60.0 Å². The first kappa shape index (κ1) is 15.6. The first-order valence-electron chi connectivity index (χ1n) is 8.74. The number of amides is 1. The quantitative estimate of drug-likeness (QED) is 0.889. The predicted molar refractivity (Wildman–Crippen MR) is 89.0 cm³/mol. The summed E-state index contributed by atoms with van der Waals surface area (Å²) in [5, 5.41) is 3.06. The van der Waals surface area contributed by atoms with E-state index in [1.807, 2.05) is 0 Å². The number of methoxy groups -OCH3 is 1. The number of hydrogen-bond acceptors (Lipinski definition) is 5. The van der Waals surface area contributed by atoms with Gasteiger partial charge in [-0.1, -0.05) is 0 Å². The van der Waals surface area contributed by atoms with Gasteiger partial charge in [0.2, 0.25) is 5.75 Å². The fraction of sp³-hybridized carbons (Fsp3) is 0.611. The number of carbonyl (C=O) groups is 1. The normalized spacial score (nSPS) is 23.1. The number of carbonyl (C=O) groups excluding carboxylic acids is 1. The molecule has 0 bridgehead atoms. The Bertz CT molecular complexity index is 612. The Balaban J connectivity index is 1.39. The van der Waals surface area contributed by atoms with Gasteiger partial charge in [-0.2, -0.15) is 0 Å². The molecule has 130 valence electrons. The van der Waals surface area contributed by atoms with Gasteiger partial charge in [0, 0.05) is 24.7 Å². The molecule has 1 unspecified atom stereocenters. The van der Waals surface area contributed by atoms with Gasteiger partial charge in [0.25, 0.3) is 5.91 Å². The van der Waals surface area contributed by atoms with Crippen molar-refractivity contribution in [2.24, 2.45) is 5.92 Å². The molecule has 4 rings (SSSR count). The minimum absolute atomic E-state index is 0.0878. The second-order valence-corrected chi connectivity index (χ2v) is 6.79. The van der Waals surface area contributed by atoms with Crippen LogP contribution >= 0.6 is 0 Å². The molecule has 2 heterocycles. The minimum Gasteiger partial charge on any atom is -0.493 e. The lowest BCUT2D eigenvalue weighted by atomic mass is 10.1.